The van der Waals surface area contributed by atoms with Gasteiger partial charge in [-0.2, -0.15) is 0 Å². The second-order valence-electron chi connectivity index (χ2n) is 4.68. The summed E-state index contributed by atoms with van der Waals surface area (Å²) >= 11 is 1.37. The van der Waals surface area contributed by atoms with Crippen LogP contribution in [0.1, 0.15) is 27.7 Å². The molecule has 1 N–H and O–H groups in total. The smallest absolute Gasteiger partial charge is 0.224 e. The highest BCUT2D eigenvalue weighted by atomic mass is 32.1. The fourth-order valence-electron chi connectivity index (χ4n) is 1.84. The van der Waals surface area contributed by atoms with Crippen molar-refractivity contribution in [2.45, 2.75) is 19.9 Å². The second kappa shape index (κ2) is 7.04. The van der Waals surface area contributed by atoms with Gasteiger partial charge in [0.05, 0.1) is 18.4 Å². The summed E-state index contributed by atoms with van der Waals surface area (Å²) in [6, 6.07) is 9.33. The third-order valence-corrected chi connectivity index (χ3v) is 4.09. The molecule has 2 aromatic rings. The van der Waals surface area contributed by atoms with Gasteiger partial charge in [0.2, 0.25) is 5.91 Å². The summed E-state index contributed by atoms with van der Waals surface area (Å²) in [7, 11) is 1.62. The number of carbonyl (C=O) groups is 2. The summed E-state index contributed by atoms with van der Waals surface area (Å²) in [5.74, 6) is 0.767. The van der Waals surface area contributed by atoms with E-state index in [-0.39, 0.29) is 11.7 Å². The summed E-state index contributed by atoms with van der Waals surface area (Å²) in [6.45, 7) is 2.01. The van der Waals surface area contributed by atoms with E-state index in [1.165, 1.54) is 18.3 Å². The molecule has 1 aromatic heterocycles. The minimum atomic E-state index is -0.0567. The molecule has 0 saturated carbocycles. The van der Waals surface area contributed by atoms with Gasteiger partial charge in [0.15, 0.2) is 5.78 Å². The minimum Gasteiger partial charge on any atom is -0.497 e. The van der Waals surface area contributed by atoms with Crippen molar-refractivity contribution in [1.82, 2.24) is 5.32 Å². The van der Waals surface area contributed by atoms with E-state index in [4.69, 9.17) is 4.74 Å². The molecule has 0 saturated heterocycles. The van der Waals surface area contributed by atoms with Crippen LogP contribution in [0.3, 0.4) is 0 Å². The molecule has 2 rings (SSSR count). The van der Waals surface area contributed by atoms with Gasteiger partial charge in [-0.15, -0.1) is 11.3 Å². The van der Waals surface area contributed by atoms with Gasteiger partial charge in [0.25, 0.3) is 0 Å². The van der Waals surface area contributed by atoms with Crippen LogP contribution in [0.5, 0.6) is 5.75 Å². The third kappa shape index (κ3) is 4.43. The van der Waals surface area contributed by atoms with Crippen LogP contribution in [0, 0.1) is 0 Å². The monoisotopic (exact) mass is 303 g/mol. The van der Waals surface area contributed by atoms with E-state index < -0.39 is 0 Å². The largest absolute Gasteiger partial charge is 0.497 e. The Balaban J connectivity index is 1.84. The molecular formula is C16H17NO3S. The first kappa shape index (κ1) is 15.3. The number of benzene rings is 1. The van der Waals surface area contributed by atoms with Crippen LogP contribution >= 0.6 is 11.3 Å². The van der Waals surface area contributed by atoms with Gasteiger partial charge in [0.1, 0.15) is 5.75 Å². The zero-order chi connectivity index (χ0) is 15.2. The Morgan fingerprint density at radius 3 is 2.48 bits per heavy atom. The molecule has 0 bridgehead atoms. The van der Waals surface area contributed by atoms with E-state index in [2.05, 4.69) is 5.32 Å². The normalized spacial score (nSPS) is 10.2. The van der Waals surface area contributed by atoms with Crippen LogP contribution in [0.15, 0.2) is 35.7 Å². The lowest BCUT2D eigenvalue weighted by atomic mass is 10.2. The number of ether oxygens (including phenoxy) is 1. The number of rotatable bonds is 6. The maximum Gasteiger partial charge on any atom is 0.224 e. The van der Waals surface area contributed by atoms with Gasteiger partial charge >= 0.3 is 0 Å². The molecule has 1 heterocycles. The van der Waals surface area contributed by atoms with Crippen LogP contribution in [-0.4, -0.2) is 18.8 Å². The molecule has 0 radical (unpaired) electrons. The lowest BCUT2D eigenvalue weighted by Crippen LogP contribution is -2.24. The van der Waals surface area contributed by atoms with E-state index in [0.717, 1.165) is 16.9 Å². The number of carbonyl (C=O) groups excluding carboxylic acids is 2. The maximum atomic E-state index is 11.9. The van der Waals surface area contributed by atoms with Crippen molar-refractivity contribution in [1.29, 1.82) is 0 Å². The molecule has 1 amide bonds. The van der Waals surface area contributed by atoms with Crippen molar-refractivity contribution in [2.75, 3.05) is 7.11 Å². The van der Waals surface area contributed by atoms with E-state index >= 15 is 0 Å². The quantitative estimate of drug-likeness (QED) is 0.835. The van der Waals surface area contributed by atoms with Crippen molar-refractivity contribution in [3.05, 3.63) is 51.7 Å². The topological polar surface area (TPSA) is 55.4 Å². The number of ketones is 1. The Morgan fingerprint density at radius 1 is 1.19 bits per heavy atom. The Morgan fingerprint density at radius 2 is 1.90 bits per heavy atom. The summed E-state index contributed by atoms with van der Waals surface area (Å²) < 4.78 is 5.08. The summed E-state index contributed by atoms with van der Waals surface area (Å²) in [5.41, 5.74) is 1.89. The lowest BCUT2D eigenvalue weighted by molar-refractivity contribution is -0.120. The molecule has 0 fully saturated rings. The number of hydrogen-bond acceptors (Lipinski definition) is 4. The first-order valence-electron chi connectivity index (χ1n) is 6.56. The highest BCUT2D eigenvalue weighted by molar-refractivity contribution is 7.12. The summed E-state index contributed by atoms with van der Waals surface area (Å²) in [6.07, 6.45) is 0.292. The Labute approximate surface area is 127 Å². The first-order valence-corrected chi connectivity index (χ1v) is 7.44. The molecule has 0 aliphatic heterocycles. The van der Waals surface area contributed by atoms with Crippen molar-refractivity contribution in [3.8, 4) is 5.75 Å². The SMILES string of the molecule is COc1ccc(CNC(=O)Cc2csc(C(C)=O)c2)cc1. The van der Waals surface area contributed by atoms with Gasteiger partial charge in [-0.3, -0.25) is 9.59 Å². The number of hydrogen-bond donors (Lipinski definition) is 1. The standard InChI is InChI=1S/C16H17NO3S/c1-11(18)15-7-13(10-21-15)8-16(19)17-9-12-3-5-14(20-2)6-4-12/h3-7,10H,8-9H2,1-2H3,(H,17,19). The van der Waals surface area contributed by atoms with Crippen LogP contribution in [-0.2, 0) is 17.8 Å². The molecule has 5 heteroatoms. The highest BCUT2D eigenvalue weighted by Crippen LogP contribution is 2.16. The number of methoxy groups -OCH3 is 1. The first-order chi connectivity index (χ1) is 10.1. The Bertz CT molecular complexity index is 631. The maximum absolute atomic E-state index is 11.9. The predicted octanol–water partition coefficient (Wildman–Crippen LogP) is 2.82. The zero-order valence-corrected chi connectivity index (χ0v) is 12.8. The van der Waals surface area contributed by atoms with E-state index in [1.54, 1.807) is 13.2 Å². The number of amides is 1. The minimum absolute atomic E-state index is 0.0323. The van der Waals surface area contributed by atoms with Crippen LogP contribution in [0.4, 0.5) is 0 Å². The van der Waals surface area contributed by atoms with E-state index in [9.17, 15) is 9.59 Å². The second-order valence-corrected chi connectivity index (χ2v) is 5.59. The molecule has 4 nitrogen and oxygen atoms in total. The van der Waals surface area contributed by atoms with Crippen LogP contribution in [0.25, 0.3) is 0 Å². The van der Waals surface area contributed by atoms with Crippen LogP contribution in [0.2, 0.25) is 0 Å². The fourth-order valence-corrected chi connectivity index (χ4v) is 2.66. The molecule has 0 atom stereocenters. The molecule has 0 spiro atoms. The van der Waals surface area contributed by atoms with Crippen molar-refractivity contribution in [3.63, 3.8) is 0 Å². The summed E-state index contributed by atoms with van der Waals surface area (Å²) in [5, 5.41) is 4.71. The van der Waals surface area contributed by atoms with Crippen molar-refractivity contribution < 1.29 is 14.3 Å². The number of nitrogens with one attached hydrogen (secondary N) is 1. The Kier molecular flexibility index (Phi) is 5.11. The van der Waals surface area contributed by atoms with Crippen LogP contribution < -0.4 is 10.1 Å². The van der Waals surface area contributed by atoms with Crippen molar-refractivity contribution >= 4 is 23.0 Å². The third-order valence-electron chi connectivity index (χ3n) is 3.01. The van der Waals surface area contributed by atoms with Gasteiger partial charge in [0, 0.05) is 6.54 Å². The van der Waals surface area contributed by atoms with Crippen molar-refractivity contribution in [2.24, 2.45) is 0 Å². The predicted molar refractivity (Wildman–Crippen MR) is 82.9 cm³/mol. The van der Waals surface area contributed by atoms with Gasteiger partial charge in [-0.1, -0.05) is 12.1 Å². The van der Waals surface area contributed by atoms with Gasteiger partial charge in [-0.25, -0.2) is 0 Å². The average Bonchev–Trinajstić information content (AvgIpc) is 2.94. The van der Waals surface area contributed by atoms with Gasteiger partial charge in [-0.05, 0) is 41.6 Å². The molecule has 0 unspecified atom stereocenters. The zero-order valence-electron chi connectivity index (χ0n) is 12.0. The molecule has 0 aliphatic carbocycles. The molecular weight excluding hydrogens is 286 g/mol. The molecule has 110 valence electrons. The summed E-state index contributed by atoms with van der Waals surface area (Å²) in [4.78, 5) is 23.8. The lowest BCUT2D eigenvalue weighted by Gasteiger charge is -2.05. The highest BCUT2D eigenvalue weighted by Gasteiger charge is 2.08. The Hall–Kier alpha value is -2.14. The van der Waals surface area contributed by atoms with Gasteiger partial charge < -0.3 is 10.1 Å². The average molecular weight is 303 g/mol. The molecule has 21 heavy (non-hydrogen) atoms. The van der Waals surface area contributed by atoms with E-state index in [1.807, 2.05) is 29.6 Å². The molecule has 0 aliphatic rings. The number of Topliss-reactive ketones (excluding diaryl/α,β-unsaturated/α-hetero) is 1. The fraction of sp³-hybridized carbons (Fsp3) is 0.250. The number of thiophene rings is 1. The molecule has 1 aromatic carbocycles. The van der Waals surface area contributed by atoms with E-state index in [0.29, 0.717) is 17.8 Å².